The fourth-order valence-corrected chi connectivity index (χ4v) is 4.39. The van der Waals surface area contributed by atoms with Gasteiger partial charge >= 0.3 is 0 Å². The van der Waals surface area contributed by atoms with Crippen LogP contribution >= 0.6 is 11.3 Å². The van der Waals surface area contributed by atoms with Gasteiger partial charge in [0.25, 0.3) is 0 Å². The number of carbonyl (C=O) groups is 1. The molecule has 3 rings (SSSR count). The van der Waals surface area contributed by atoms with E-state index in [0.29, 0.717) is 0 Å². The Morgan fingerprint density at radius 1 is 1.35 bits per heavy atom. The Morgan fingerprint density at radius 3 is 2.81 bits per heavy atom. The highest BCUT2D eigenvalue weighted by Gasteiger charge is 2.26. The van der Waals surface area contributed by atoms with Gasteiger partial charge in [-0.15, -0.1) is 0 Å². The lowest BCUT2D eigenvalue weighted by molar-refractivity contribution is -0.125. The number of anilines is 1. The fraction of sp³-hybridized carbons (Fsp3) is 0.632. The summed E-state index contributed by atoms with van der Waals surface area (Å²) in [6.07, 6.45) is 4.61. The largest absolute Gasteiger partial charge is 0.356 e. The molecule has 1 aliphatic rings. The van der Waals surface area contributed by atoms with Crippen LogP contribution in [0.5, 0.6) is 0 Å². The van der Waals surface area contributed by atoms with E-state index in [1.54, 1.807) is 17.5 Å². The highest BCUT2D eigenvalue weighted by atomic mass is 32.1. The van der Waals surface area contributed by atoms with Crippen molar-refractivity contribution in [3.63, 3.8) is 0 Å². The van der Waals surface area contributed by atoms with E-state index in [-0.39, 0.29) is 11.8 Å². The van der Waals surface area contributed by atoms with E-state index in [2.05, 4.69) is 38.9 Å². The lowest BCUT2D eigenvalue weighted by atomic mass is 9.96. The number of rotatable bonds is 8. The molecule has 2 aromatic rings. The Bertz CT molecular complexity index is 674. The fourth-order valence-electron chi connectivity index (χ4n) is 3.43. The van der Waals surface area contributed by atoms with Crippen molar-refractivity contribution in [2.75, 3.05) is 44.2 Å². The number of pyridine rings is 1. The van der Waals surface area contributed by atoms with Gasteiger partial charge in [0.2, 0.25) is 5.91 Å². The summed E-state index contributed by atoms with van der Waals surface area (Å²) >= 11 is 1.64. The second-order valence-corrected chi connectivity index (χ2v) is 7.71. The molecule has 0 atom stereocenters. The van der Waals surface area contributed by atoms with Gasteiger partial charge in [-0.05, 0) is 51.0 Å². The molecule has 0 aromatic carbocycles. The zero-order valence-electron chi connectivity index (χ0n) is 15.8. The second kappa shape index (κ2) is 9.28. The third-order valence-corrected chi connectivity index (χ3v) is 6.18. The molecule has 0 saturated carbocycles. The quantitative estimate of drug-likeness (QED) is 0.719. The van der Waals surface area contributed by atoms with Gasteiger partial charge in [-0.3, -0.25) is 4.79 Å². The number of piperidine rings is 1. The van der Waals surface area contributed by atoms with Gasteiger partial charge in [0.15, 0.2) is 5.13 Å². The molecule has 0 aliphatic carbocycles. The minimum atomic E-state index is 0.132. The molecule has 0 spiro atoms. The summed E-state index contributed by atoms with van der Waals surface area (Å²) in [6, 6.07) is 3.92. The maximum absolute atomic E-state index is 12.4. The molecule has 3 heterocycles. The number of hydrogen-bond acceptors (Lipinski definition) is 6. The summed E-state index contributed by atoms with van der Waals surface area (Å²) in [5.41, 5.74) is 0.959. The van der Waals surface area contributed by atoms with Crippen molar-refractivity contribution in [2.24, 2.45) is 5.92 Å². The zero-order chi connectivity index (χ0) is 18.4. The van der Waals surface area contributed by atoms with Crippen LogP contribution < -0.4 is 10.2 Å². The van der Waals surface area contributed by atoms with Gasteiger partial charge in [-0.1, -0.05) is 25.2 Å². The van der Waals surface area contributed by atoms with Gasteiger partial charge in [0, 0.05) is 31.7 Å². The molecule has 1 saturated heterocycles. The Labute approximate surface area is 159 Å². The topological polar surface area (TPSA) is 61.4 Å². The summed E-state index contributed by atoms with van der Waals surface area (Å²) in [6.45, 7) is 10.1. The number of aromatic nitrogens is 2. The number of fused-ring (bicyclic) bond motifs is 1. The number of hydrogen-bond donors (Lipinski definition) is 1. The number of nitrogens with zero attached hydrogens (tertiary/aromatic N) is 4. The molecule has 0 radical (unpaired) electrons. The molecule has 7 heteroatoms. The number of carbonyl (C=O) groups excluding carboxylic acids is 1. The first kappa shape index (κ1) is 19.0. The highest BCUT2D eigenvalue weighted by Crippen LogP contribution is 2.30. The van der Waals surface area contributed by atoms with Crippen molar-refractivity contribution in [3.8, 4) is 0 Å². The normalized spacial score (nSPS) is 15.7. The third-order valence-electron chi connectivity index (χ3n) is 5.14. The highest BCUT2D eigenvalue weighted by molar-refractivity contribution is 7.21. The van der Waals surface area contributed by atoms with Gasteiger partial charge in [0.05, 0.1) is 0 Å². The minimum Gasteiger partial charge on any atom is -0.356 e. The van der Waals surface area contributed by atoms with Crippen LogP contribution in [-0.4, -0.2) is 60.0 Å². The predicted octanol–water partition coefficient (Wildman–Crippen LogP) is 2.76. The van der Waals surface area contributed by atoms with E-state index in [1.807, 2.05) is 12.1 Å². The van der Waals surface area contributed by atoms with Crippen LogP contribution in [0.25, 0.3) is 10.3 Å². The first-order chi connectivity index (χ1) is 12.7. The number of thiazole rings is 1. The minimum absolute atomic E-state index is 0.132. The Kier molecular flexibility index (Phi) is 6.80. The Hall–Kier alpha value is -1.73. The van der Waals surface area contributed by atoms with E-state index in [9.17, 15) is 4.79 Å². The van der Waals surface area contributed by atoms with E-state index in [4.69, 9.17) is 0 Å². The monoisotopic (exact) mass is 375 g/mol. The molecule has 0 unspecified atom stereocenters. The lowest BCUT2D eigenvalue weighted by Gasteiger charge is -2.31. The Balaban J connectivity index is 1.42. The number of nitrogens with one attached hydrogen (secondary N) is 1. The number of amides is 1. The van der Waals surface area contributed by atoms with Gasteiger partial charge in [-0.25, -0.2) is 9.97 Å². The van der Waals surface area contributed by atoms with Crippen molar-refractivity contribution in [1.29, 1.82) is 0 Å². The predicted molar refractivity (Wildman–Crippen MR) is 108 cm³/mol. The maximum atomic E-state index is 12.4. The molecule has 2 aromatic heterocycles. The molecule has 1 amide bonds. The molecule has 142 valence electrons. The summed E-state index contributed by atoms with van der Waals surface area (Å²) in [5.74, 6) is 0.349. The van der Waals surface area contributed by atoms with Crippen LogP contribution in [0.2, 0.25) is 0 Å². The molecule has 0 bridgehead atoms. The molecule has 1 aliphatic heterocycles. The molecule has 1 N–H and O–H groups in total. The van der Waals surface area contributed by atoms with Crippen molar-refractivity contribution in [3.05, 3.63) is 18.3 Å². The van der Waals surface area contributed by atoms with Crippen molar-refractivity contribution >= 4 is 32.7 Å². The summed E-state index contributed by atoms with van der Waals surface area (Å²) in [4.78, 5) is 27.1. The first-order valence-corrected chi connectivity index (χ1v) is 10.5. The van der Waals surface area contributed by atoms with Crippen molar-refractivity contribution in [1.82, 2.24) is 20.2 Å². The van der Waals surface area contributed by atoms with E-state index in [1.165, 1.54) is 0 Å². The Morgan fingerprint density at radius 2 is 2.12 bits per heavy atom. The van der Waals surface area contributed by atoms with Crippen LogP contribution in [-0.2, 0) is 4.79 Å². The van der Waals surface area contributed by atoms with Crippen LogP contribution in [0.15, 0.2) is 18.3 Å². The average Bonchev–Trinajstić information content (AvgIpc) is 3.12. The maximum Gasteiger partial charge on any atom is 0.223 e. The first-order valence-electron chi connectivity index (χ1n) is 9.67. The summed E-state index contributed by atoms with van der Waals surface area (Å²) in [7, 11) is 0. The van der Waals surface area contributed by atoms with E-state index < -0.39 is 0 Å². The third kappa shape index (κ3) is 4.71. The second-order valence-electron chi connectivity index (χ2n) is 6.76. The molecular weight excluding hydrogens is 346 g/mol. The molecule has 1 fully saturated rings. The standard InChI is InChI=1S/C19H29N5OS/c1-3-23(4-2)12-6-11-20-17(25)15-8-13-24(14-9-15)19-22-16-7-5-10-21-18(16)26-19/h5,7,10,15H,3-4,6,8-9,11-14H2,1-2H3,(H,20,25). The zero-order valence-corrected chi connectivity index (χ0v) is 16.6. The molecule has 6 nitrogen and oxygen atoms in total. The van der Waals surface area contributed by atoms with Crippen LogP contribution in [0, 0.1) is 5.92 Å². The van der Waals surface area contributed by atoms with Crippen LogP contribution in [0.3, 0.4) is 0 Å². The molecular formula is C19H29N5OS. The van der Waals surface area contributed by atoms with Crippen molar-refractivity contribution in [2.45, 2.75) is 33.1 Å². The van der Waals surface area contributed by atoms with Gasteiger partial charge in [-0.2, -0.15) is 0 Å². The van der Waals surface area contributed by atoms with Crippen LogP contribution in [0.1, 0.15) is 33.1 Å². The van der Waals surface area contributed by atoms with Crippen molar-refractivity contribution < 1.29 is 4.79 Å². The van der Waals surface area contributed by atoms with Gasteiger partial charge in [0.1, 0.15) is 10.3 Å². The SMILES string of the molecule is CCN(CC)CCCNC(=O)C1CCN(c2nc3cccnc3s2)CC1. The van der Waals surface area contributed by atoms with E-state index >= 15 is 0 Å². The average molecular weight is 376 g/mol. The van der Waals surface area contributed by atoms with Gasteiger partial charge < -0.3 is 15.1 Å². The lowest BCUT2D eigenvalue weighted by Crippen LogP contribution is -2.41. The van der Waals surface area contributed by atoms with E-state index in [0.717, 1.165) is 74.0 Å². The molecule has 26 heavy (non-hydrogen) atoms. The smallest absolute Gasteiger partial charge is 0.223 e. The summed E-state index contributed by atoms with van der Waals surface area (Å²) < 4.78 is 0. The van der Waals surface area contributed by atoms with Crippen LogP contribution in [0.4, 0.5) is 5.13 Å². The summed E-state index contributed by atoms with van der Waals surface area (Å²) in [5, 5.41) is 4.15.